The van der Waals surface area contributed by atoms with Crippen LogP contribution < -0.4 is 9.47 Å². The number of methoxy groups -OCH3 is 1. The summed E-state index contributed by atoms with van der Waals surface area (Å²) in [4.78, 5) is 12.6. The lowest BCUT2D eigenvalue weighted by atomic mass is 10.1. The van der Waals surface area contributed by atoms with Crippen molar-refractivity contribution < 1.29 is 14.3 Å². The summed E-state index contributed by atoms with van der Waals surface area (Å²) in [5, 5.41) is 4.56. The third kappa shape index (κ3) is 5.61. The minimum absolute atomic E-state index is 0.0478. The van der Waals surface area contributed by atoms with Gasteiger partial charge in [0.2, 0.25) is 0 Å². The Bertz CT molecular complexity index is 1210. The van der Waals surface area contributed by atoms with Crippen molar-refractivity contribution in [2.45, 2.75) is 27.0 Å². The van der Waals surface area contributed by atoms with Crippen LogP contribution in [0.2, 0.25) is 25.1 Å². The molecule has 0 saturated heterocycles. The molecule has 3 aromatic rings. The number of carbonyl (C=O) groups is 1. The van der Waals surface area contributed by atoms with Gasteiger partial charge in [0.25, 0.3) is 0 Å². The third-order valence-electron chi connectivity index (χ3n) is 4.81. The summed E-state index contributed by atoms with van der Waals surface area (Å²) in [6.07, 6.45) is 4.96. The van der Waals surface area contributed by atoms with Crippen molar-refractivity contribution in [3.63, 3.8) is 0 Å². The van der Waals surface area contributed by atoms with Gasteiger partial charge in [0.15, 0.2) is 11.5 Å². The maximum absolute atomic E-state index is 12.6. The summed E-state index contributed by atoms with van der Waals surface area (Å²) in [6, 6.07) is 5.42. The van der Waals surface area contributed by atoms with Crippen LogP contribution in [0.4, 0.5) is 0 Å². The number of aryl methyl sites for hydroxylation is 2. The summed E-state index contributed by atoms with van der Waals surface area (Å²) in [7, 11) is 1.54. The fourth-order valence-electron chi connectivity index (χ4n) is 3.06. The molecule has 33 heavy (non-hydrogen) atoms. The van der Waals surface area contributed by atoms with Crippen LogP contribution in [0.5, 0.6) is 11.5 Å². The molecule has 0 fully saturated rings. The number of allylic oxidation sites excluding steroid dienone is 1. The highest BCUT2D eigenvalue weighted by molar-refractivity contribution is 6.55. The number of ether oxygens (including phenoxy) is 2. The number of ketones is 1. The largest absolute Gasteiger partial charge is 0.496 e. The van der Waals surface area contributed by atoms with Gasteiger partial charge in [0.1, 0.15) is 22.4 Å². The Balaban J connectivity index is 1.84. The summed E-state index contributed by atoms with van der Waals surface area (Å²) in [5.74, 6) is 0.557. The summed E-state index contributed by atoms with van der Waals surface area (Å²) < 4.78 is 13.0. The van der Waals surface area contributed by atoms with Gasteiger partial charge in [-0.3, -0.25) is 9.48 Å². The molecule has 0 radical (unpaired) electrons. The predicted octanol–water partition coefficient (Wildman–Crippen LogP) is 7.96. The number of hydrogen-bond donors (Lipinski definition) is 0. The Kier molecular flexibility index (Phi) is 8.59. The fourth-order valence-corrected chi connectivity index (χ4v) is 4.29. The van der Waals surface area contributed by atoms with E-state index >= 15 is 0 Å². The van der Waals surface area contributed by atoms with E-state index in [1.807, 2.05) is 26.0 Å². The maximum atomic E-state index is 12.6. The first-order chi connectivity index (χ1) is 15.7. The topological polar surface area (TPSA) is 53.4 Å². The average molecular weight is 549 g/mol. The normalized spacial score (nSPS) is 11.3. The molecule has 3 rings (SSSR count). The van der Waals surface area contributed by atoms with Gasteiger partial charge >= 0.3 is 0 Å². The van der Waals surface area contributed by atoms with E-state index in [-0.39, 0.29) is 43.3 Å². The van der Waals surface area contributed by atoms with Crippen molar-refractivity contribution in [1.82, 2.24) is 9.78 Å². The van der Waals surface area contributed by atoms with Gasteiger partial charge in [-0.05, 0) is 37.6 Å². The summed E-state index contributed by atoms with van der Waals surface area (Å²) in [5.41, 5.74) is 2.71. The number of benzene rings is 2. The number of aromatic nitrogens is 2. The molecule has 0 aliphatic heterocycles. The second-order valence-electron chi connectivity index (χ2n) is 6.94. The molecule has 0 spiro atoms. The van der Waals surface area contributed by atoms with E-state index in [9.17, 15) is 4.79 Å². The highest BCUT2D eigenvalue weighted by Gasteiger charge is 2.21. The van der Waals surface area contributed by atoms with E-state index in [4.69, 9.17) is 67.5 Å². The summed E-state index contributed by atoms with van der Waals surface area (Å²) in [6.45, 7) is 4.51. The maximum Gasteiger partial charge on any atom is 0.189 e. The average Bonchev–Trinajstić information content (AvgIpc) is 3.20. The van der Waals surface area contributed by atoms with Crippen molar-refractivity contribution in [3.05, 3.63) is 78.0 Å². The predicted molar refractivity (Wildman–Crippen MR) is 135 cm³/mol. The molecule has 0 saturated carbocycles. The molecule has 0 aliphatic rings. The van der Waals surface area contributed by atoms with Crippen LogP contribution >= 0.6 is 58.0 Å². The molecule has 0 atom stereocenters. The highest BCUT2D eigenvalue weighted by Crippen LogP contribution is 2.48. The number of carbonyl (C=O) groups excluding carboxylic acids is 1. The molecule has 0 unspecified atom stereocenters. The Hall–Kier alpha value is -1.89. The lowest BCUT2D eigenvalue weighted by Gasteiger charge is -2.15. The first-order valence-corrected chi connectivity index (χ1v) is 11.6. The van der Waals surface area contributed by atoms with Crippen LogP contribution in [-0.4, -0.2) is 22.7 Å². The lowest BCUT2D eigenvalue weighted by Crippen LogP contribution is -2.01. The zero-order valence-electron chi connectivity index (χ0n) is 17.9. The van der Waals surface area contributed by atoms with Crippen molar-refractivity contribution in [2.24, 2.45) is 0 Å². The third-order valence-corrected chi connectivity index (χ3v) is 7.05. The monoisotopic (exact) mass is 546 g/mol. The van der Waals surface area contributed by atoms with Crippen LogP contribution in [0.15, 0.2) is 30.5 Å². The van der Waals surface area contributed by atoms with E-state index in [0.717, 1.165) is 5.56 Å². The second-order valence-corrected chi connectivity index (χ2v) is 8.83. The zero-order valence-corrected chi connectivity index (χ0v) is 21.7. The van der Waals surface area contributed by atoms with Crippen LogP contribution in [0, 0.1) is 6.92 Å². The van der Waals surface area contributed by atoms with Crippen LogP contribution in [0.25, 0.3) is 6.08 Å². The minimum atomic E-state index is -0.134. The fraction of sp³-hybridized carbons (Fsp3) is 0.217. The van der Waals surface area contributed by atoms with E-state index in [1.54, 1.807) is 30.1 Å². The van der Waals surface area contributed by atoms with E-state index in [2.05, 4.69) is 5.10 Å². The SMILES string of the molecule is CCn1cc(C(=O)/C=C/c2ccc(OC)c(COc3c(Cl)c(Cl)c(Cl)c(Cl)c3Cl)c2)c(C)n1. The second kappa shape index (κ2) is 11.0. The molecule has 10 heteroatoms. The van der Waals surface area contributed by atoms with Crippen molar-refractivity contribution in [3.8, 4) is 11.5 Å². The number of rotatable bonds is 8. The van der Waals surface area contributed by atoms with Gasteiger partial charge in [0.05, 0.1) is 33.4 Å². The Morgan fingerprint density at radius 3 is 2.27 bits per heavy atom. The Labute approximate surface area is 216 Å². The minimum Gasteiger partial charge on any atom is -0.496 e. The molecule has 5 nitrogen and oxygen atoms in total. The Morgan fingerprint density at radius 1 is 1.06 bits per heavy atom. The van der Waals surface area contributed by atoms with Crippen molar-refractivity contribution >= 4 is 69.9 Å². The van der Waals surface area contributed by atoms with Gasteiger partial charge in [-0.2, -0.15) is 5.10 Å². The molecule has 2 aromatic carbocycles. The first kappa shape index (κ1) is 25.7. The summed E-state index contributed by atoms with van der Waals surface area (Å²) >= 11 is 30.7. The molecule has 0 aliphatic carbocycles. The van der Waals surface area contributed by atoms with E-state index in [0.29, 0.717) is 29.1 Å². The van der Waals surface area contributed by atoms with Crippen LogP contribution in [-0.2, 0) is 13.2 Å². The van der Waals surface area contributed by atoms with Crippen LogP contribution in [0.1, 0.15) is 34.1 Å². The van der Waals surface area contributed by atoms with Crippen LogP contribution in [0.3, 0.4) is 0 Å². The molecule has 1 aromatic heterocycles. The lowest BCUT2D eigenvalue weighted by molar-refractivity contribution is 0.104. The van der Waals surface area contributed by atoms with Gasteiger partial charge in [-0.25, -0.2) is 0 Å². The van der Waals surface area contributed by atoms with Crippen molar-refractivity contribution in [1.29, 1.82) is 0 Å². The molecule has 174 valence electrons. The molecule has 1 heterocycles. The first-order valence-electron chi connectivity index (χ1n) is 9.75. The quantitative estimate of drug-likeness (QED) is 0.124. The number of halogens is 5. The number of hydrogen-bond acceptors (Lipinski definition) is 4. The smallest absolute Gasteiger partial charge is 0.189 e. The Morgan fingerprint density at radius 2 is 1.70 bits per heavy atom. The van der Waals surface area contributed by atoms with Gasteiger partial charge < -0.3 is 9.47 Å². The van der Waals surface area contributed by atoms with E-state index in [1.165, 1.54) is 6.08 Å². The molecule has 0 amide bonds. The van der Waals surface area contributed by atoms with Gasteiger partial charge in [-0.15, -0.1) is 0 Å². The molecular formula is C23H19Cl5N2O3. The standard InChI is InChI=1S/C23H19Cl5N2O3/c1-4-30-10-15(12(2)29-30)16(31)7-5-13-6-8-17(32-3)14(9-13)11-33-23-21(27)19(25)18(24)20(26)22(23)28/h5-10H,4,11H2,1-3H3/b7-5+. The van der Waals surface area contributed by atoms with Gasteiger partial charge in [-0.1, -0.05) is 70.1 Å². The molecule has 0 bridgehead atoms. The van der Waals surface area contributed by atoms with E-state index < -0.39 is 0 Å². The number of nitrogens with zero attached hydrogens (tertiary/aromatic N) is 2. The van der Waals surface area contributed by atoms with Crippen molar-refractivity contribution in [2.75, 3.05) is 7.11 Å². The zero-order chi connectivity index (χ0) is 24.3. The molecule has 0 N–H and O–H groups in total. The molecular weight excluding hydrogens is 530 g/mol. The highest BCUT2D eigenvalue weighted by atomic mass is 35.5. The van der Waals surface area contributed by atoms with Gasteiger partial charge in [0, 0.05) is 18.3 Å².